The van der Waals surface area contributed by atoms with Crippen LogP contribution in [0.1, 0.15) is 69.7 Å². The monoisotopic (exact) mass is 513 g/mol. The minimum atomic E-state index is -0.176. The van der Waals surface area contributed by atoms with Crippen molar-refractivity contribution in [1.82, 2.24) is 14.9 Å². The molecule has 2 heterocycles. The number of hydrogen-bond donors (Lipinski definition) is 0. The topological polar surface area (TPSA) is 69.6 Å². The number of unbranched alkanes of at least 4 members (excludes halogenated alkanes) is 3. The van der Waals surface area contributed by atoms with Gasteiger partial charge in [-0.1, -0.05) is 82.5 Å². The minimum absolute atomic E-state index is 0.0891. The second kappa shape index (κ2) is 13.3. The first kappa shape index (κ1) is 27.5. The number of aromatic nitrogens is 2. The largest absolute Gasteiger partial charge is 0.306 e. The molecule has 2 aromatic carbocycles. The molecule has 0 N–H and O–H groups in total. The molecule has 0 fully saturated rings. The molecule has 0 atom stereocenters. The zero-order valence-corrected chi connectivity index (χ0v) is 22.9. The number of nitrogens with zero attached hydrogens (tertiary/aromatic N) is 5. The van der Waals surface area contributed by atoms with Crippen molar-refractivity contribution in [3.63, 3.8) is 0 Å². The van der Waals surface area contributed by atoms with E-state index in [0.29, 0.717) is 29.4 Å². The van der Waals surface area contributed by atoms with Gasteiger partial charge in [-0.25, -0.2) is 9.97 Å². The van der Waals surface area contributed by atoms with Gasteiger partial charge in [0.05, 0.1) is 17.9 Å². The fourth-order valence-electron chi connectivity index (χ4n) is 4.76. The van der Waals surface area contributed by atoms with E-state index in [1.807, 2.05) is 54.6 Å². The summed E-state index contributed by atoms with van der Waals surface area (Å²) in [5, 5.41) is 0. The van der Waals surface area contributed by atoms with Crippen LogP contribution in [0.5, 0.6) is 0 Å². The van der Waals surface area contributed by atoms with Gasteiger partial charge in [0.25, 0.3) is 5.91 Å². The summed E-state index contributed by atoms with van der Waals surface area (Å²) < 4.78 is 0. The second-order valence-corrected chi connectivity index (χ2v) is 9.81. The number of carbonyl (C=O) groups is 2. The summed E-state index contributed by atoms with van der Waals surface area (Å²) in [6.45, 7) is 9.00. The van der Waals surface area contributed by atoms with Crippen LogP contribution < -0.4 is 9.80 Å². The van der Waals surface area contributed by atoms with Crippen LogP contribution in [0, 0.1) is 0 Å². The minimum Gasteiger partial charge on any atom is -0.306 e. The lowest BCUT2D eigenvalue weighted by atomic mass is 10.2. The fraction of sp³-hybridized carbons (Fsp3) is 0.419. The van der Waals surface area contributed by atoms with Crippen LogP contribution in [0.15, 0.2) is 60.8 Å². The molecular weight excluding hydrogens is 474 g/mol. The molecule has 38 heavy (non-hydrogen) atoms. The highest BCUT2D eigenvalue weighted by molar-refractivity contribution is 6.18. The van der Waals surface area contributed by atoms with E-state index in [2.05, 4.69) is 30.7 Å². The number of anilines is 3. The lowest BCUT2D eigenvalue weighted by Gasteiger charge is -2.28. The van der Waals surface area contributed by atoms with Crippen LogP contribution in [0.25, 0.3) is 11.4 Å². The number of rotatable bonds is 12. The summed E-state index contributed by atoms with van der Waals surface area (Å²) in [7, 11) is 0. The first-order chi connectivity index (χ1) is 18.6. The van der Waals surface area contributed by atoms with Gasteiger partial charge in [0.1, 0.15) is 5.56 Å². The standard InChI is InChI=1S/C31H39N5O2/c1-4-7-19-34(20-8-5-2)23-28(37)36-27-18-14-13-17-26(27)35(21-9-6-3)31(38)25-22-32-29(33-30(25)36)24-15-11-10-12-16-24/h10-18,22H,4-9,19-21,23H2,1-3H3. The molecule has 0 aliphatic carbocycles. The normalized spacial score (nSPS) is 12.9. The van der Waals surface area contributed by atoms with Crippen molar-refractivity contribution < 1.29 is 9.59 Å². The summed E-state index contributed by atoms with van der Waals surface area (Å²) in [5.41, 5.74) is 2.60. The number of benzene rings is 2. The number of fused-ring (bicyclic) bond motifs is 2. The Morgan fingerprint density at radius 1 is 0.842 bits per heavy atom. The van der Waals surface area contributed by atoms with Gasteiger partial charge in [0.15, 0.2) is 11.6 Å². The van der Waals surface area contributed by atoms with Crippen LogP contribution in [0.2, 0.25) is 0 Å². The van der Waals surface area contributed by atoms with Crippen LogP contribution in [0.4, 0.5) is 17.2 Å². The van der Waals surface area contributed by atoms with Gasteiger partial charge in [-0.05, 0) is 44.5 Å². The molecule has 4 rings (SSSR count). The third-order valence-corrected chi connectivity index (χ3v) is 6.90. The van der Waals surface area contributed by atoms with E-state index >= 15 is 0 Å². The number of para-hydroxylation sites is 2. The Bertz CT molecular complexity index is 1220. The zero-order valence-electron chi connectivity index (χ0n) is 22.9. The molecule has 0 spiro atoms. The molecule has 0 radical (unpaired) electrons. The summed E-state index contributed by atoms with van der Waals surface area (Å²) in [5.74, 6) is 0.577. The van der Waals surface area contributed by atoms with E-state index in [1.54, 1.807) is 16.0 Å². The van der Waals surface area contributed by atoms with E-state index < -0.39 is 0 Å². The predicted molar refractivity (Wildman–Crippen MR) is 154 cm³/mol. The molecule has 1 aliphatic heterocycles. The van der Waals surface area contributed by atoms with Crippen molar-refractivity contribution in [2.24, 2.45) is 0 Å². The fourth-order valence-corrected chi connectivity index (χ4v) is 4.76. The Balaban J connectivity index is 1.84. The van der Waals surface area contributed by atoms with Crippen LogP contribution in [-0.2, 0) is 4.79 Å². The SMILES string of the molecule is CCCCN(CCCC)CC(=O)N1c2ccccc2N(CCCC)C(=O)c2cnc(-c3ccccc3)nc21. The molecule has 0 bridgehead atoms. The van der Waals surface area contributed by atoms with Gasteiger partial charge in [0.2, 0.25) is 5.91 Å². The molecule has 200 valence electrons. The third-order valence-electron chi connectivity index (χ3n) is 6.90. The van der Waals surface area contributed by atoms with E-state index in [0.717, 1.165) is 62.9 Å². The number of hydrogen-bond acceptors (Lipinski definition) is 5. The van der Waals surface area contributed by atoms with Crippen LogP contribution in [-0.4, -0.2) is 52.9 Å². The van der Waals surface area contributed by atoms with Crippen molar-refractivity contribution in [1.29, 1.82) is 0 Å². The van der Waals surface area contributed by atoms with Gasteiger partial charge in [-0.2, -0.15) is 0 Å². The molecule has 0 unspecified atom stereocenters. The van der Waals surface area contributed by atoms with Crippen LogP contribution in [0.3, 0.4) is 0 Å². The smallest absolute Gasteiger partial charge is 0.263 e. The first-order valence-electron chi connectivity index (χ1n) is 14.0. The lowest BCUT2D eigenvalue weighted by Crippen LogP contribution is -2.39. The Kier molecular flexibility index (Phi) is 9.60. The molecule has 2 amide bonds. The van der Waals surface area contributed by atoms with Crippen molar-refractivity contribution in [3.8, 4) is 11.4 Å². The van der Waals surface area contributed by atoms with Gasteiger partial charge >= 0.3 is 0 Å². The quantitative estimate of drug-likeness (QED) is 0.278. The number of amides is 2. The molecule has 1 aliphatic rings. The van der Waals surface area contributed by atoms with Crippen molar-refractivity contribution >= 4 is 29.0 Å². The van der Waals surface area contributed by atoms with E-state index in [1.165, 1.54) is 0 Å². The predicted octanol–water partition coefficient (Wildman–Crippen LogP) is 6.47. The Morgan fingerprint density at radius 2 is 1.47 bits per heavy atom. The molecule has 7 nitrogen and oxygen atoms in total. The maximum absolute atomic E-state index is 14.2. The van der Waals surface area contributed by atoms with Gasteiger partial charge in [0, 0.05) is 18.3 Å². The maximum atomic E-state index is 14.2. The average Bonchev–Trinajstić information content (AvgIpc) is 3.05. The highest BCUT2D eigenvalue weighted by atomic mass is 16.2. The summed E-state index contributed by atoms with van der Waals surface area (Å²) >= 11 is 0. The van der Waals surface area contributed by atoms with Crippen molar-refractivity contribution in [2.45, 2.75) is 59.3 Å². The number of carbonyl (C=O) groups excluding carboxylic acids is 2. The van der Waals surface area contributed by atoms with Crippen molar-refractivity contribution in [2.75, 3.05) is 36.0 Å². The van der Waals surface area contributed by atoms with Gasteiger partial charge < -0.3 is 4.90 Å². The van der Waals surface area contributed by atoms with Gasteiger partial charge in [-0.3, -0.25) is 19.4 Å². The molecule has 0 saturated carbocycles. The van der Waals surface area contributed by atoms with Gasteiger partial charge in [-0.15, -0.1) is 0 Å². The third kappa shape index (κ3) is 6.10. The molecule has 3 aromatic rings. The van der Waals surface area contributed by atoms with Crippen molar-refractivity contribution in [3.05, 3.63) is 66.4 Å². The zero-order chi connectivity index (χ0) is 26.9. The summed E-state index contributed by atoms with van der Waals surface area (Å²) in [6, 6.07) is 17.3. The highest BCUT2D eigenvalue weighted by Crippen LogP contribution is 2.40. The lowest BCUT2D eigenvalue weighted by molar-refractivity contribution is -0.119. The van der Waals surface area contributed by atoms with E-state index in [4.69, 9.17) is 4.98 Å². The maximum Gasteiger partial charge on any atom is 0.263 e. The van der Waals surface area contributed by atoms with E-state index in [9.17, 15) is 9.59 Å². The molecule has 0 saturated heterocycles. The summed E-state index contributed by atoms with van der Waals surface area (Å²) in [6.07, 6.45) is 7.61. The Morgan fingerprint density at radius 3 is 2.13 bits per heavy atom. The Hall–Kier alpha value is -3.58. The molecular formula is C31H39N5O2. The summed E-state index contributed by atoms with van der Waals surface area (Å²) in [4.78, 5) is 43.2. The first-order valence-corrected chi connectivity index (χ1v) is 14.0. The van der Waals surface area contributed by atoms with Crippen LogP contribution >= 0.6 is 0 Å². The highest BCUT2D eigenvalue weighted by Gasteiger charge is 2.35. The Labute approximate surface area is 226 Å². The average molecular weight is 514 g/mol. The second-order valence-electron chi connectivity index (χ2n) is 9.81. The van der Waals surface area contributed by atoms with E-state index in [-0.39, 0.29) is 18.4 Å². The molecule has 1 aromatic heterocycles. The molecule has 7 heteroatoms.